The minimum Gasteiger partial charge on any atom is -0.480 e. The number of carboxylic acid groups (broad SMARTS) is 1. The topological polar surface area (TPSA) is 92.4 Å². The van der Waals surface area contributed by atoms with Crippen LogP contribution in [0.5, 0.6) is 0 Å². The van der Waals surface area contributed by atoms with E-state index in [1.165, 1.54) is 0 Å². The second kappa shape index (κ2) is 6.89. The number of ketones is 1. The number of carbonyl (C=O) groups excluding carboxylic acids is 1. The average Bonchev–Trinajstić information content (AvgIpc) is 2.33. The number of aliphatic carboxylic acids is 1. The van der Waals surface area contributed by atoms with Gasteiger partial charge in [-0.1, -0.05) is 26.0 Å². The van der Waals surface area contributed by atoms with Gasteiger partial charge in [0, 0.05) is 11.3 Å². The Kier molecular flexibility index (Phi) is 5.51. The summed E-state index contributed by atoms with van der Waals surface area (Å²) < 4.78 is 0. The van der Waals surface area contributed by atoms with Gasteiger partial charge in [-0.15, -0.1) is 0 Å². The number of benzene rings is 1. The lowest BCUT2D eigenvalue weighted by molar-refractivity contribution is -0.139. The molecule has 1 aromatic carbocycles. The lowest BCUT2D eigenvalue weighted by atomic mass is 10.0. The van der Waals surface area contributed by atoms with E-state index in [4.69, 9.17) is 10.8 Å². The Balaban J connectivity index is 2.59. The van der Waals surface area contributed by atoms with Crippen molar-refractivity contribution in [2.75, 3.05) is 12.3 Å². The SMILES string of the molecule is CC(C)CC(NCC(=O)c1cccc(N)c1)C(=O)O. The number of carbonyl (C=O) groups is 2. The summed E-state index contributed by atoms with van der Waals surface area (Å²) in [4.78, 5) is 22.9. The van der Waals surface area contributed by atoms with E-state index in [1.807, 2.05) is 13.8 Å². The van der Waals surface area contributed by atoms with Crippen molar-refractivity contribution in [3.05, 3.63) is 29.8 Å². The van der Waals surface area contributed by atoms with Crippen molar-refractivity contribution < 1.29 is 14.7 Å². The van der Waals surface area contributed by atoms with Gasteiger partial charge in [-0.05, 0) is 24.5 Å². The Morgan fingerprint density at radius 1 is 1.37 bits per heavy atom. The third kappa shape index (κ3) is 5.09. The highest BCUT2D eigenvalue weighted by molar-refractivity contribution is 5.98. The normalized spacial score (nSPS) is 12.4. The minimum absolute atomic E-state index is 0.00681. The van der Waals surface area contributed by atoms with Crippen molar-refractivity contribution in [3.63, 3.8) is 0 Å². The summed E-state index contributed by atoms with van der Waals surface area (Å²) in [5.41, 5.74) is 6.60. The first-order chi connectivity index (χ1) is 8.90. The molecule has 0 radical (unpaired) electrons. The zero-order chi connectivity index (χ0) is 14.4. The maximum absolute atomic E-state index is 11.9. The lowest BCUT2D eigenvalue weighted by Gasteiger charge is -2.16. The third-order valence-corrected chi connectivity index (χ3v) is 2.72. The molecule has 1 unspecified atom stereocenters. The summed E-state index contributed by atoms with van der Waals surface area (Å²) in [7, 11) is 0. The fourth-order valence-electron chi connectivity index (χ4n) is 1.77. The standard InChI is InChI=1S/C14H20N2O3/c1-9(2)6-12(14(18)19)16-8-13(17)10-4-3-5-11(15)7-10/h3-5,7,9,12,16H,6,8,15H2,1-2H3,(H,18,19). The van der Waals surface area contributed by atoms with Crippen LogP contribution in [-0.2, 0) is 4.79 Å². The second-order valence-corrected chi connectivity index (χ2v) is 4.95. The van der Waals surface area contributed by atoms with Crippen LogP contribution in [0, 0.1) is 5.92 Å². The molecule has 0 heterocycles. The van der Waals surface area contributed by atoms with Crippen molar-refractivity contribution in [1.29, 1.82) is 0 Å². The number of nitrogens with one attached hydrogen (secondary N) is 1. The maximum atomic E-state index is 11.9. The van der Waals surface area contributed by atoms with Gasteiger partial charge in [-0.3, -0.25) is 14.9 Å². The Morgan fingerprint density at radius 2 is 2.05 bits per heavy atom. The predicted molar refractivity (Wildman–Crippen MR) is 74.1 cm³/mol. The smallest absolute Gasteiger partial charge is 0.320 e. The van der Waals surface area contributed by atoms with E-state index in [1.54, 1.807) is 24.3 Å². The molecule has 0 aliphatic carbocycles. The monoisotopic (exact) mass is 264 g/mol. The highest BCUT2D eigenvalue weighted by Gasteiger charge is 2.19. The molecule has 19 heavy (non-hydrogen) atoms. The number of anilines is 1. The number of hydrogen-bond acceptors (Lipinski definition) is 4. The van der Waals surface area contributed by atoms with Crippen LogP contribution in [-0.4, -0.2) is 29.4 Å². The van der Waals surface area contributed by atoms with Crippen LogP contribution in [0.15, 0.2) is 24.3 Å². The van der Waals surface area contributed by atoms with Crippen molar-refractivity contribution in [3.8, 4) is 0 Å². The maximum Gasteiger partial charge on any atom is 0.320 e. The number of carboxylic acids is 1. The van der Waals surface area contributed by atoms with E-state index in [-0.39, 0.29) is 18.2 Å². The van der Waals surface area contributed by atoms with E-state index in [2.05, 4.69) is 5.32 Å². The van der Waals surface area contributed by atoms with Crippen LogP contribution in [0.1, 0.15) is 30.6 Å². The average molecular weight is 264 g/mol. The predicted octanol–water partition coefficient (Wildman–Crippen LogP) is 1.54. The molecule has 0 saturated heterocycles. The van der Waals surface area contributed by atoms with Crippen LogP contribution in [0.4, 0.5) is 5.69 Å². The third-order valence-electron chi connectivity index (χ3n) is 2.72. The molecule has 5 heteroatoms. The summed E-state index contributed by atoms with van der Waals surface area (Å²) >= 11 is 0. The Morgan fingerprint density at radius 3 is 2.58 bits per heavy atom. The molecule has 0 fully saturated rings. The zero-order valence-electron chi connectivity index (χ0n) is 11.2. The molecule has 4 N–H and O–H groups in total. The lowest BCUT2D eigenvalue weighted by Crippen LogP contribution is -2.40. The van der Waals surface area contributed by atoms with Gasteiger partial charge < -0.3 is 10.8 Å². The summed E-state index contributed by atoms with van der Waals surface area (Å²) in [5.74, 6) is -0.854. The van der Waals surface area contributed by atoms with Gasteiger partial charge in [0.25, 0.3) is 0 Å². The molecule has 1 rings (SSSR count). The molecule has 0 bridgehead atoms. The van der Waals surface area contributed by atoms with E-state index in [9.17, 15) is 9.59 Å². The first-order valence-corrected chi connectivity index (χ1v) is 6.25. The number of hydrogen-bond donors (Lipinski definition) is 3. The molecule has 0 aliphatic rings. The van der Waals surface area contributed by atoms with E-state index < -0.39 is 12.0 Å². The van der Waals surface area contributed by atoms with Gasteiger partial charge in [0.1, 0.15) is 6.04 Å². The highest BCUT2D eigenvalue weighted by atomic mass is 16.4. The molecule has 104 valence electrons. The van der Waals surface area contributed by atoms with Gasteiger partial charge in [0.05, 0.1) is 6.54 Å². The first-order valence-electron chi connectivity index (χ1n) is 6.25. The van der Waals surface area contributed by atoms with Gasteiger partial charge in [0.15, 0.2) is 5.78 Å². The van der Waals surface area contributed by atoms with Gasteiger partial charge in [-0.2, -0.15) is 0 Å². The largest absolute Gasteiger partial charge is 0.480 e. The van der Waals surface area contributed by atoms with Crippen molar-refractivity contribution in [1.82, 2.24) is 5.32 Å². The van der Waals surface area contributed by atoms with Crippen molar-refractivity contribution in [2.45, 2.75) is 26.3 Å². The van der Waals surface area contributed by atoms with E-state index in [0.717, 1.165) is 0 Å². The molecule has 0 aromatic heterocycles. The van der Waals surface area contributed by atoms with Crippen LogP contribution < -0.4 is 11.1 Å². The Hall–Kier alpha value is -1.88. The second-order valence-electron chi connectivity index (χ2n) is 4.95. The van der Waals surface area contributed by atoms with Gasteiger partial charge >= 0.3 is 5.97 Å². The highest BCUT2D eigenvalue weighted by Crippen LogP contribution is 2.08. The van der Waals surface area contributed by atoms with Crippen LogP contribution >= 0.6 is 0 Å². The van der Waals surface area contributed by atoms with E-state index >= 15 is 0 Å². The summed E-state index contributed by atoms with van der Waals surface area (Å²) in [6, 6.07) is 5.94. The summed E-state index contributed by atoms with van der Waals surface area (Å²) in [6.45, 7) is 3.88. The molecule has 0 spiro atoms. The molecule has 0 saturated carbocycles. The van der Waals surface area contributed by atoms with Crippen molar-refractivity contribution in [2.24, 2.45) is 5.92 Å². The van der Waals surface area contributed by atoms with Crippen LogP contribution in [0.25, 0.3) is 0 Å². The molecular weight excluding hydrogens is 244 g/mol. The van der Waals surface area contributed by atoms with Gasteiger partial charge in [-0.25, -0.2) is 0 Å². The molecule has 5 nitrogen and oxygen atoms in total. The van der Waals surface area contributed by atoms with Gasteiger partial charge in [0.2, 0.25) is 0 Å². The number of nitrogen functional groups attached to an aromatic ring is 1. The molecule has 0 aliphatic heterocycles. The quantitative estimate of drug-likeness (QED) is 0.513. The Labute approximate surface area is 112 Å². The van der Waals surface area contributed by atoms with Crippen molar-refractivity contribution >= 4 is 17.4 Å². The summed E-state index contributed by atoms with van der Waals surface area (Å²) in [6.07, 6.45) is 0.486. The number of Topliss-reactive ketones (excluding diaryl/α,β-unsaturated/α-hetero) is 1. The fourth-order valence-corrected chi connectivity index (χ4v) is 1.77. The zero-order valence-corrected chi connectivity index (χ0v) is 11.2. The van der Waals surface area contributed by atoms with E-state index in [0.29, 0.717) is 17.7 Å². The minimum atomic E-state index is -0.936. The van der Waals surface area contributed by atoms with Crippen LogP contribution in [0.2, 0.25) is 0 Å². The first kappa shape index (κ1) is 15.2. The van der Waals surface area contributed by atoms with Crippen LogP contribution in [0.3, 0.4) is 0 Å². The number of nitrogens with two attached hydrogens (primary N) is 1. The number of rotatable bonds is 7. The fraction of sp³-hybridized carbons (Fsp3) is 0.429. The summed E-state index contributed by atoms with van der Waals surface area (Å²) in [5, 5.41) is 11.8. The Bertz CT molecular complexity index is 458. The molecule has 1 atom stereocenters. The molecular formula is C14H20N2O3. The molecule has 1 aromatic rings. The molecule has 0 amide bonds.